The maximum absolute atomic E-state index is 16.0. The molecule has 1 aliphatic carbocycles. The van der Waals surface area contributed by atoms with Gasteiger partial charge in [-0.2, -0.15) is 18.6 Å². The summed E-state index contributed by atoms with van der Waals surface area (Å²) in [4.78, 5) is 4.17. The van der Waals surface area contributed by atoms with Crippen molar-refractivity contribution in [2.75, 3.05) is 29.4 Å². The van der Waals surface area contributed by atoms with Crippen molar-refractivity contribution in [3.63, 3.8) is 0 Å². The van der Waals surface area contributed by atoms with Gasteiger partial charge >= 0.3 is 0 Å². The van der Waals surface area contributed by atoms with E-state index in [0.717, 1.165) is 5.69 Å². The molecular weight excluding hydrogens is 760 g/mol. The van der Waals surface area contributed by atoms with Crippen LogP contribution in [0.2, 0.25) is 0 Å². The van der Waals surface area contributed by atoms with Crippen LogP contribution >= 0.6 is 11.3 Å². The second-order valence-corrected chi connectivity index (χ2v) is 14.3. The molecule has 10 heteroatoms. The summed E-state index contributed by atoms with van der Waals surface area (Å²) in [5.74, 6) is -3.29. The van der Waals surface area contributed by atoms with Gasteiger partial charge in [0.05, 0.1) is 5.56 Å². The maximum Gasteiger partial charge on any atom is 0.277 e. The van der Waals surface area contributed by atoms with Gasteiger partial charge in [0.1, 0.15) is 40.8 Å². The van der Waals surface area contributed by atoms with Gasteiger partial charge in [-0.3, -0.25) is 0 Å². The molecule has 1 aliphatic rings. The molecule has 0 saturated carbocycles. The van der Waals surface area contributed by atoms with E-state index < -0.39 is 29.1 Å². The van der Waals surface area contributed by atoms with E-state index in [4.69, 9.17) is 0 Å². The van der Waals surface area contributed by atoms with Gasteiger partial charge in [-0.25, -0.2) is 13.2 Å². The highest BCUT2D eigenvalue weighted by Gasteiger charge is 2.30. The predicted molar refractivity (Wildman–Crippen MR) is 225 cm³/mol. The first-order valence-corrected chi connectivity index (χ1v) is 19.7. The predicted octanol–water partition coefficient (Wildman–Crippen LogP) is 13.0. The summed E-state index contributed by atoms with van der Waals surface area (Å²) in [6, 6.07) is 33.1. The molecule has 290 valence electrons. The summed E-state index contributed by atoms with van der Waals surface area (Å²) in [7, 11) is 0. The number of rotatable bonds is 11. The molecule has 1 heterocycles. The van der Waals surface area contributed by atoms with Crippen LogP contribution < -0.4 is 9.80 Å². The van der Waals surface area contributed by atoms with Gasteiger partial charge in [0.25, 0.3) is 5.69 Å². The van der Waals surface area contributed by atoms with E-state index in [9.17, 15) is 5.26 Å². The largest absolute Gasteiger partial charge is 0.337 e. The number of anilines is 4. The highest BCUT2D eigenvalue weighted by atomic mass is 32.1. The quantitative estimate of drug-likeness (QED) is 0.0967. The van der Waals surface area contributed by atoms with Gasteiger partial charge in [-0.15, -0.1) is 11.3 Å². The number of benzene rings is 5. The number of halogens is 5. The Morgan fingerprint density at radius 2 is 1.17 bits per heavy atom. The summed E-state index contributed by atoms with van der Waals surface area (Å²) in [5, 5.41) is 11.5. The topological polar surface area (TPSA) is 33.3 Å². The van der Waals surface area contributed by atoms with Crippen molar-refractivity contribution in [3.05, 3.63) is 190 Å². The Kier molecular flexibility index (Phi) is 11.8. The number of hydrogen-bond acceptors (Lipinski definition) is 4. The van der Waals surface area contributed by atoms with Gasteiger partial charge in [-0.1, -0.05) is 60.7 Å². The molecule has 5 aromatic carbocycles. The van der Waals surface area contributed by atoms with Crippen LogP contribution in [0, 0.1) is 40.4 Å². The average Bonchev–Trinajstić information content (AvgIpc) is 3.60. The van der Waals surface area contributed by atoms with Crippen molar-refractivity contribution in [2.45, 2.75) is 20.8 Å². The Morgan fingerprint density at radius 3 is 1.74 bits per heavy atom. The van der Waals surface area contributed by atoms with Gasteiger partial charge in [0.2, 0.25) is 5.71 Å². The van der Waals surface area contributed by atoms with Crippen LogP contribution in [0.5, 0.6) is 0 Å². The summed E-state index contributed by atoms with van der Waals surface area (Å²) >= 11 is 1.35. The zero-order valence-corrected chi connectivity index (χ0v) is 32.8. The van der Waals surface area contributed by atoms with Crippen LogP contribution in [0.25, 0.3) is 16.7 Å². The SMILES string of the molecule is CCN(c1ccccc1)c1sc(C(=C2C=CC(=[N+](CC)c3c(F)cccc3F)C=C2)c2ccc(N(CC)c3c(F)cccc3F)cc2)c(-c2ccccc2F)c1C#N. The molecular formula is C48H38F5N4S+. The summed E-state index contributed by atoms with van der Waals surface area (Å²) < 4.78 is 77.7. The highest BCUT2D eigenvalue weighted by molar-refractivity contribution is 7.18. The van der Waals surface area contributed by atoms with E-state index in [-0.39, 0.29) is 30.0 Å². The zero-order chi connectivity index (χ0) is 40.9. The van der Waals surface area contributed by atoms with Crippen molar-refractivity contribution in [1.82, 2.24) is 0 Å². The smallest absolute Gasteiger partial charge is 0.277 e. The summed E-state index contributed by atoms with van der Waals surface area (Å²) in [6.07, 6.45) is 7.20. The minimum absolute atomic E-state index is 0.173. The van der Waals surface area contributed by atoms with Crippen molar-refractivity contribution in [2.24, 2.45) is 0 Å². The number of nitrogens with zero attached hydrogens (tertiary/aromatic N) is 4. The summed E-state index contributed by atoms with van der Waals surface area (Å²) in [6.45, 7) is 6.64. The molecule has 0 spiro atoms. The lowest BCUT2D eigenvalue weighted by Gasteiger charge is -2.25. The maximum atomic E-state index is 16.0. The Morgan fingerprint density at radius 1 is 0.621 bits per heavy atom. The van der Waals surface area contributed by atoms with Crippen LogP contribution in [0.15, 0.2) is 145 Å². The van der Waals surface area contributed by atoms with Crippen molar-refractivity contribution < 1.29 is 26.5 Å². The molecule has 58 heavy (non-hydrogen) atoms. The van der Waals surface area contributed by atoms with Crippen molar-refractivity contribution >= 4 is 50.4 Å². The number of nitriles is 1. The number of thiophene rings is 1. The molecule has 0 amide bonds. The molecule has 0 bridgehead atoms. The Balaban J connectivity index is 1.49. The first-order valence-electron chi connectivity index (χ1n) is 18.9. The zero-order valence-electron chi connectivity index (χ0n) is 32.0. The van der Waals surface area contributed by atoms with Crippen LogP contribution in [0.1, 0.15) is 36.8 Å². The lowest BCUT2D eigenvalue weighted by Crippen LogP contribution is -2.19. The number of allylic oxidation sites excluding steroid dienone is 5. The van der Waals surface area contributed by atoms with Crippen molar-refractivity contribution in [3.8, 4) is 17.2 Å². The van der Waals surface area contributed by atoms with E-state index in [1.807, 2.05) is 66.4 Å². The van der Waals surface area contributed by atoms with Crippen LogP contribution in [0.3, 0.4) is 0 Å². The average molecular weight is 798 g/mol. The molecule has 0 atom stereocenters. The molecule has 4 nitrogen and oxygen atoms in total. The van der Waals surface area contributed by atoms with E-state index >= 15 is 22.0 Å². The van der Waals surface area contributed by atoms with E-state index in [2.05, 4.69) is 6.07 Å². The van der Waals surface area contributed by atoms with Gasteiger partial charge in [-0.05, 0) is 98.7 Å². The molecule has 0 fully saturated rings. The Hall–Kier alpha value is -6.57. The van der Waals surface area contributed by atoms with Crippen LogP contribution in [-0.4, -0.2) is 29.9 Å². The minimum Gasteiger partial charge on any atom is -0.337 e. The van der Waals surface area contributed by atoms with Crippen LogP contribution in [0.4, 0.5) is 49.7 Å². The lowest BCUT2D eigenvalue weighted by atomic mass is 9.90. The Labute approximate surface area is 338 Å². The molecule has 1 aromatic heterocycles. The molecule has 0 saturated heterocycles. The second kappa shape index (κ2) is 17.3. The lowest BCUT2D eigenvalue weighted by molar-refractivity contribution is -0.439. The normalized spacial score (nSPS) is 12.1. The fourth-order valence-corrected chi connectivity index (χ4v) is 8.78. The monoisotopic (exact) mass is 797 g/mol. The number of para-hydroxylation sites is 3. The highest BCUT2D eigenvalue weighted by Crippen LogP contribution is 2.50. The third kappa shape index (κ3) is 7.49. The minimum atomic E-state index is -0.696. The van der Waals surface area contributed by atoms with Gasteiger partial charge in [0.15, 0.2) is 11.6 Å². The van der Waals surface area contributed by atoms with Crippen LogP contribution in [-0.2, 0) is 0 Å². The van der Waals surface area contributed by atoms with Crippen molar-refractivity contribution in [1.29, 1.82) is 5.26 Å². The number of hydrogen-bond donors (Lipinski definition) is 0. The fraction of sp³-hybridized carbons (Fsp3) is 0.125. The van der Waals surface area contributed by atoms with Gasteiger partial charge in [0, 0.05) is 58.2 Å². The Bertz CT molecular complexity index is 2600. The standard InChI is InChI=1S/C48H38F5N4S/c1-4-55(45-39(50)18-12-19-40(45)51)34-26-22-31(23-27-34)43(32-24-28-35(29-25-32)56(5-2)46-41(52)20-13-21-42(46)53)47-44(36-16-10-11-17-38(36)49)37(30-54)48(58-47)57(6-3)33-14-8-7-9-15-33/h7-29H,4-6H2,1-3H3/q+1. The molecule has 6 aromatic rings. The molecule has 0 radical (unpaired) electrons. The van der Waals surface area contributed by atoms with Gasteiger partial charge < -0.3 is 9.80 Å². The molecule has 0 aliphatic heterocycles. The fourth-order valence-electron chi connectivity index (χ4n) is 7.34. The third-order valence-corrected chi connectivity index (χ3v) is 11.2. The van der Waals surface area contributed by atoms with E-state index in [1.54, 1.807) is 65.8 Å². The third-order valence-electron chi connectivity index (χ3n) is 9.98. The second-order valence-electron chi connectivity index (χ2n) is 13.3. The molecule has 7 rings (SSSR count). The first kappa shape index (κ1) is 39.7. The summed E-state index contributed by atoms with van der Waals surface area (Å²) in [5.41, 5.74) is 4.52. The molecule has 0 N–H and O–H groups in total. The first-order chi connectivity index (χ1) is 28.2. The molecule has 0 unspecified atom stereocenters. The van der Waals surface area contributed by atoms with E-state index in [1.165, 1.54) is 53.8 Å². The van der Waals surface area contributed by atoms with E-state index in [0.29, 0.717) is 55.7 Å².